The highest BCUT2D eigenvalue weighted by atomic mass is 19.2. The second kappa shape index (κ2) is 6.83. The van der Waals surface area contributed by atoms with Gasteiger partial charge >= 0.3 is 11.7 Å². The van der Waals surface area contributed by atoms with E-state index < -0.39 is 54.5 Å². The molecule has 1 saturated heterocycles. The first kappa shape index (κ1) is 16.8. The van der Waals surface area contributed by atoms with Gasteiger partial charge in [0, 0.05) is 18.7 Å². The smallest absolute Gasteiger partial charge is 0.330 e. The van der Waals surface area contributed by atoms with Crippen molar-refractivity contribution in [2.24, 2.45) is 11.7 Å². The van der Waals surface area contributed by atoms with Crippen LogP contribution in [0.2, 0.25) is 0 Å². The number of nitrogens with one attached hydrogen (secondary N) is 1. The van der Waals surface area contributed by atoms with Crippen LogP contribution in [-0.4, -0.2) is 45.2 Å². The van der Waals surface area contributed by atoms with E-state index in [2.05, 4.69) is 0 Å². The number of H-pyrrole nitrogens is 1. The number of carbonyl (C=O) groups is 1. The standard InChI is InChI=1S/C14H20FN3O6/c1-7(2)10(16)12(21)23-6-14(15)5-8(19)11(24-14)18-4-3-9(20)17-13(18)22/h3-4,7-8,10-11,19H,5-6,16H2,1-2H3,(H,17,20,22)/t8-,10+,11-,14+/m1/s1/i11D. The Balaban J connectivity index is 2.17. The summed E-state index contributed by atoms with van der Waals surface area (Å²) in [6.07, 6.45) is -4.09. The van der Waals surface area contributed by atoms with Gasteiger partial charge in [0.25, 0.3) is 5.56 Å². The maximum Gasteiger partial charge on any atom is 0.330 e. The van der Waals surface area contributed by atoms with E-state index in [0.717, 1.165) is 12.3 Å². The molecule has 0 spiro atoms. The summed E-state index contributed by atoms with van der Waals surface area (Å²) < 4.78 is 33.1. The Kier molecular flexibility index (Phi) is 4.78. The lowest BCUT2D eigenvalue weighted by Gasteiger charge is -2.22. The number of hydrogen-bond acceptors (Lipinski definition) is 7. The lowest BCUT2D eigenvalue weighted by Crippen LogP contribution is -2.40. The lowest BCUT2D eigenvalue weighted by molar-refractivity contribution is -0.196. The fraction of sp³-hybridized carbons (Fsp3) is 0.643. The van der Waals surface area contributed by atoms with E-state index in [4.69, 9.17) is 16.6 Å². The van der Waals surface area contributed by atoms with Crippen LogP contribution in [0.3, 0.4) is 0 Å². The fourth-order valence-corrected chi connectivity index (χ4v) is 2.11. The average molecular weight is 346 g/mol. The van der Waals surface area contributed by atoms with Crippen LogP contribution in [-0.2, 0) is 14.3 Å². The Labute approximate surface area is 137 Å². The number of carbonyl (C=O) groups excluding carboxylic acids is 1. The number of ether oxygens (including phenoxy) is 2. The zero-order valence-electron chi connectivity index (χ0n) is 14.2. The van der Waals surface area contributed by atoms with Crippen LogP contribution in [0.4, 0.5) is 4.39 Å². The molecule has 2 heterocycles. The molecule has 1 aliphatic rings. The van der Waals surface area contributed by atoms with Crippen LogP contribution >= 0.6 is 0 Å². The van der Waals surface area contributed by atoms with Gasteiger partial charge in [-0.1, -0.05) is 13.8 Å². The summed E-state index contributed by atoms with van der Waals surface area (Å²) in [5.74, 6) is -3.77. The molecule has 1 aromatic heterocycles. The predicted octanol–water partition coefficient (Wildman–Crippen LogP) is -0.991. The minimum atomic E-state index is -2.69. The third kappa shape index (κ3) is 3.89. The number of nitrogens with two attached hydrogens (primary N) is 1. The number of hydrogen-bond donors (Lipinski definition) is 3. The van der Waals surface area contributed by atoms with Gasteiger partial charge in [0.1, 0.15) is 12.1 Å². The van der Waals surface area contributed by atoms with E-state index in [9.17, 15) is 23.9 Å². The molecule has 0 unspecified atom stereocenters. The van der Waals surface area contributed by atoms with Gasteiger partial charge in [0.2, 0.25) is 5.85 Å². The summed E-state index contributed by atoms with van der Waals surface area (Å²) >= 11 is 0. The number of nitrogens with zero attached hydrogens (tertiary/aromatic N) is 1. The molecule has 1 aromatic rings. The molecule has 134 valence electrons. The van der Waals surface area contributed by atoms with Crippen LogP contribution in [0.25, 0.3) is 0 Å². The second-order valence-electron chi connectivity index (χ2n) is 5.90. The molecule has 0 saturated carbocycles. The first-order chi connectivity index (χ1) is 11.5. The third-order valence-corrected chi connectivity index (χ3v) is 3.55. The number of aliphatic hydroxyl groups is 1. The van der Waals surface area contributed by atoms with Gasteiger partial charge in [-0.25, -0.2) is 9.18 Å². The Morgan fingerprint density at radius 3 is 2.96 bits per heavy atom. The van der Waals surface area contributed by atoms with E-state index in [1.165, 1.54) is 0 Å². The first-order valence-corrected chi connectivity index (χ1v) is 7.30. The van der Waals surface area contributed by atoms with Crippen molar-refractivity contribution < 1.29 is 25.1 Å². The summed E-state index contributed by atoms with van der Waals surface area (Å²) in [6, 6.07) is -0.0364. The van der Waals surface area contributed by atoms with Gasteiger partial charge < -0.3 is 20.3 Å². The predicted molar refractivity (Wildman–Crippen MR) is 79.7 cm³/mol. The van der Waals surface area contributed by atoms with Crippen LogP contribution in [0, 0.1) is 5.92 Å². The van der Waals surface area contributed by atoms with Crippen LogP contribution < -0.4 is 17.0 Å². The van der Waals surface area contributed by atoms with Crippen LogP contribution in [0.15, 0.2) is 21.9 Å². The molecule has 0 aromatic carbocycles. The molecule has 24 heavy (non-hydrogen) atoms. The molecule has 0 bridgehead atoms. The number of aliphatic hydroxyl groups excluding tert-OH is 1. The van der Waals surface area contributed by atoms with Gasteiger partial charge in [-0.3, -0.25) is 19.1 Å². The van der Waals surface area contributed by atoms with Crippen molar-refractivity contribution in [3.8, 4) is 0 Å². The highest BCUT2D eigenvalue weighted by Gasteiger charge is 2.49. The van der Waals surface area contributed by atoms with Crippen molar-refractivity contribution in [2.75, 3.05) is 6.61 Å². The second-order valence-corrected chi connectivity index (χ2v) is 5.90. The summed E-state index contributed by atoms with van der Waals surface area (Å²) in [5, 5.41) is 10.0. The molecule has 4 N–H and O–H groups in total. The number of halogens is 1. The lowest BCUT2D eigenvalue weighted by atomic mass is 10.1. The number of aromatic amines is 1. The van der Waals surface area contributed by atoms with Crippen molar-refractivity contribution >= 4 is 5.97 Å². The zero-order valence-corrected chi connectivity index (χ0v) is 13.2. The minimum Gasteiger partial charge on any atom is -0.458 e. The van der Waals surface area contributed by atoms with Crippen molar-refractivity contribution in [1.82, 2.24) is 9.55 Å². The monoisotopic (exact) mass is 346 g/mol. The Bertz CT molecular complexity index is 767. The summed E-state index contributed by atoms with van der Waals surface area (Å²) in [5.41, 5.74) is 3.82. The molecular formula is C14H20FN3O6. The Morgan fingerprint density at radius 2 is 2.38 bits per heavy atom. The molecular weight excluding hydrogens is 325 g/mol. The highest BCUT2D eigenvalue weighted by molar-refractivity contribution is 5.75. The number of aromatic nitrogens is 2. The number of alkyl halides is 1. The molecule has 2 rings (SSSR count). The van der Waals surface area contributed by atoms with Crippen LogP contribution in [0.5, 0.6) is 0 Å². The van der Waals surface area contributed by atoms with E-state index in [1.807, 2.05) is 4.98 Å². The van der Waals surface area contributed by atoms with Crippen LogP contribution in [0.1, 0.15) is 27.8 Å². The summed E-state index contributed by atoms with van der Waals surface area (Å²) in [6.45, 7) is 2.47. The first-order valence-electron chi connectivity index (χ1n) is 7.80. The number of rotatable bonds is 5. The third-order valence-electron chi connectivity index (χ3n) is 3.55. The van der Waals surface area contributed by atoms with Crippen molar-refractivity contribution in [1.29, 1.82) is 0 Å². The molecule has 9 nitrogen and oxygen atoms in total. The van der Waals surface area contributed by atoms with Crippen molar-refractivity contribution in [3.63, 3.8) is 0 Å². The molecule has 0 amide bonds. The van der Waals surface area contributed by atoms with E-state index in [1.54, 1.807) is 13.8 Å². The minimum absolute atomic E-state index is 0.229. The van der Waals surface area contributed by atoms with Gasteiger partial charge in [0.05, 0.1) is 1.37 Å². The van der Waals surface area contributed by atoms with Gasteiger partial charge in [-0.05, 0) is 5.92 Å². The molecule has 1 fully saturated rings. The molecule has 4 atom stereocenters. The molecule has 0 aliphatic carbocycles. The van der Waals surface area contributed by atoms with E-state index in [-0.39, 0.29) is 5.92 Å². The zero-order chi connectivity index (χ0) is 19.0. The summed E-state index contributed by atoms with van der Waals surface area (Å²) in [4.78, 5) is 36.5. The molecule has 0 radical (unpaired) electrons. The highest BCUT2D eigenvalue weighted by Crippen LogP contribution is 2.37. The quantitative estimate of drug-likeness (QED) is 0.582. The maximum absolute atomic E-state index is 14.8. The van der Waals surface area contributed by atoms with Gasteiger partial charge in [-0.15, -0.1) is 0 Å². The van der Waals surface area contributed by atoms with E-state index in [0.29, 0.717) is 4.57 Å². The maximum atomic E-state index is 14.8. The summed E-state index contributed by atoms with van der Waals surface area (Å²) in [7, 11) is 0. The largest absolute Gasteiger partial charge is 0.458 e. The van der Waals surface area contributed by atoms with E-state index >= 15 is 0 Å². The number of esters is 1. The normalized spacial score (nSPS) is 31.8. The van der Waals surface area contributed by atoms with Crippen molar-refractivity contribution in [3.05, 3.63) is 33.1 Å². The topological polar surface area (TPSA) is 137 Å². The molecule has 1 aliphatic heterocycles. The van der Waals surface area contributed by atoms with Gasteiger partial charge in [-0.2, -0.15) is 0 Å². The molecule has 10 heteroatoms. The van der Waals surface area contributed by atoms with Gasteiger partial charge in [0.15, 0.2) is 12.8 Å². The fourth-order valence-electron chi connectivity index (χ4n) is 2.11. The SMILES string of the molecule is [2H][C@@]1(n2ccc(=O)[nH]c2=O)O[C@](F)(COC(=O)[C@@H](N)C(C)C)C[C@H]1O. The van der Waals surface area contributed by atoms with Crippen molar-refractivity contribution in [2.45, 2.75) is 44.5 Å². The average Bonchev–Trinajstić information content (AvgIpc) is 2.74. The Hall–Kier alpha value is -2.04. The Morgan fingerprint density at radius 1 is 1.71 bits per heavy atom.